The number of benzene rings is 2. The van der Waals surface area contributed by atoms with Crippen molar-refractivity contribution >= 4 is 22.9 Å². The zero-order valence-electron chi connectivity index (χ0n) is 21.3. The first kappa shape index (κ1) is 26.1. The summed E-state index contributed by atoms with van der Waals surface area (Å²) in [7, 11) is 0. The lowest BCUT2D eigenvalue weighted by molar-refractivity contribution is -0.143. The molecule has 5 rings (SSSR count). The molecule has 202 valence electrons. The van der Waals surface area contributed by atoms with Gasteiger partial charge in [0.15, 0.2) is 5.69 Å². The molecule has 0 saturated carbocycles. The summed E-state index contributed by atoms with van der Waals surface area (Å²) in [5, 5.41) is 13.1. The highest BCUT2D eigenvalue weighted by molar-refractivity contribution is 5.83. The van der Waals surface area contributed by atoms with Gasteiger partial charge in [0.25, 0.3) is 0 Å². The predicted molar refractivity (Wildman–Crippen MR) is 136 cm³/mol. The second-order valence-electron chi connectivity index (χ2n) is 10.2. The molecule has 0 unspecified atom stereocenters. The number of carboxylic acid groups (broad SMARTS) is 1. The van der Waals surface area contributed by atoms with Crippen molar-refractivity contribution in [2.75, 3.05) is 26.2 Å². The lowest BCUT2D eigenvalue weighted by Gasteiger charge is -2.31. The summed E-state index contributed by atoms with van der Waals surface area (Å²) < 4.78 is 54.0. The largest absolute Gasteiger partial charge is 0.489 e. The number of hydrogen-bond acceptors (Lipinski definition) is 5. The van der Waals surface area contributed by atoms with Crippen molar-refractivity contribution in [3.05, 3.63) is 58.8 Å². The summed E-state index contributed by atoms with van der Waals surface area (Å²) in [4.78, 5) is 13.4. The molecule has 2 aliphatic rings. The molecule has 0 atom stereocenters. The molecule has 1 fully saturated rings. The van der Waals surface area contributed by atoms with Crippen molar-refractivity contribution in [1.82, 2.24) is 14.7 Å². The lowest BCUT2D eigenvalue weighted by Crippen LogP contribution is -2.38. The zero-order chi connectivity index (χ0) is 27.0. The van der Waals surface area contributed by atoms with E-state index in [0.29, 0.717) is 42.0 Å². The highest BCUT2D eigenvalue weighted by atomic mass is 19.4. The van der Waals surface area contributed by atoms with E-state index in [1.165, 1.54) is 10.7 Å². The summed E-state index contributed by atoms with van der Waals surface area (Å²) in [5.41, 5.74) is 2.21. The number of piperidine rings is 1. The maximum Gasteiger partial charge on any atom is 0.435 e. The zero-order valence-corrected chi connectivity index (χ0v) is 21.3. The Hall–Kier alpha value is -3.53. The van der Waals surface area contributed by atoms with Crippen LogP contribution in [0.5, 0.6) is 11.5 Å². The van der Waals surface area contributed by atoms with E-state index in [9.17, 15) is 23.1 Å². The molecule has 0 radical (unpaired) electrons. The Morgan fingerprint density at radius 1 is 1.18 bits per heavy atom. The van der Waals surface area contributed by atoms with Gasteiger partial charge in [-0.2, -0.15) is 18.3 Å². The number of hydrogen-bond donors (Lipinski definition) is 1. The van der Waals surface area contributed by atoms with E-state index in [4.69, 9.17) is 9.47 Å². The van der Waals surface area contributed by atoms with Crippen molar-refractivity contribution in [1.29, 1.82) is 0 Å². The van der Waals surface area contributed by atoms with Crippen LogP contribution in [0.15, 0.2) is 42.0 Å². The average Bonchev–Trinajstić information content (AvgIpc) is 3.28. The molecule has 10 heteroatoms. The quantitative estimate of drug-likeness (QED) is 0.418. The fraction of sp³-hybridized carbons (Fsp3) is 0.429. The van der Waals surface area contributed by atoms with Crippen LogP contribution in [0.4, 0.5) is 13.2 Å². The number of carbonyl (C=O) groups is 1. The van der Waals surface area contributed by atoms with Gasteiger partial charge in [-0.3, -0.25) is 14.4 Å². The van der Waals surface area contributed by atoms with Gasteiger partial charge < -0.3 is 14.6 Å². The average molecular weight is 530 g/mol. The number of nitrogens with zero attached hydrogens (tertiary/aromatic N) is 3. The Morgan fingerprint density at radius 2 is 1.95 bits per heavy atom. The van der Waals surface area contributed by atoms with Crippen LogP contribution >= 0.6 is 0 Å². The lowest BCUT2D eigenvalue weighted by atomic mass is 9.96. The molecule has 0 bridgehead atoms. The molecule has 1 saturated heterocycles. The molecule has 1 N–H and O–H groups in total. The van der Waals surface area contributed by atoms with Crippen LogP contribution in [-0.4, -0.2) is 52.0 Å². The fourth-order valence-corrected chi connectivity index (χ4v) is 5.04. The van der Waals surface area contributed by atoms with Crippen molar-refractivity contribution < 1.29 is 32.5 Å². The molecule has 38 heavy (non-hydrogen) atoms. The van der Waals surface area contributed by atoms with E-state index in [-0.39, 0.29) is 24.0 Å². The molecule has 1 aromatic heterocycles. The number of carboxylic acids is 1. The summed E-state index contributed by atoms with van der Waals surface area (Å²) in [6.45, 7) is 6.37. The van der Waals surface area contributed by atoms with Crippen molar-refractivity contribution in [2.45, 2.75) is 45.5 Å². The highest BCUT2D eigenvalue weighted by Crippen LogP contribution is 2.36. The second kappa shape index (κ2) is 10.3. The number of halogens is 3. The van der Waals surface area contributed by atoms with Crippen molar-refractivity contribution in [3.63, 3.8) is 0 Å². The minimum atomic E-state index is -4.55. The standard InChI is InChI=1S/C28H30F3N3O4/c1-17(2)34-24-6-3-18(12-23(24)26(32-34)28(29,30)31)15-37-22-5-4-21-11-19(16-38-25(21)13-22)14-33-9-7-20(8-10-33)27(35)36/h3-6,11-13,17,20H,7-10,14-16H2,1-2H3,(H,35,36). The van der Waals surface area contributed by atoms with Crippen LogP contribution in [0.1, 0.15) is 49.6 Å². The fourth-order valence-electron chi connectivity index (χ4n) is 5.04. The summed E-state index contributed by atoms with van der Waals surface area (Å²) in [6, 6.07) is 10.2. The van der Waals surface area contributed by atoms with Gasteiger partial charge in [-0.1, -0.05) is 6.07 Å². The third-order valence-electron chi connectivity index (χ3n) is 7.06. The predicted octanol–water partition coefficient (Wildman–Crippen LogP) is 5.79. The number of likely N-dealkylation sites (tertiary alicyclic amines) is 1. The van der Waals surface area contributed by atoms with E-state index in [1.54, 1.807) is 32.0 Å². The number of aromatic nitrogens is 2. The van der Waals surface area contributed by atoms with Crippen molar-refractivity contribution in [2.24, 2.45) is 5.92 Å². The van der Waals surface area contributed by atoms with Crippen molar-refractivity contribution in [3.8, 4) is 11.5 Å². The van der Waals surface area contributed by atoms with Gasteiger partial charge in [-0.15, -0.1) is 0 Å². The maximum atomic E-state index is 13.6. The van der Waals surface area contributed by atoms with Gasteiger partial charge in [0.1, 0.15) is 24.7 Å². The van der Waals surface area contributed by atoms with Crippen LogP contribution in [0, 0.1) is 5.92 Å². The molecular formula is C28H30F3N3O4. The molecule has 2 aromatic carbocycles. The van der Waals surface area contributed by atoms with Gasteiger partial charge in [0, 0.05) is 29.6 Å². The van der Waals surface area contributed by atoms with E-state index in [1.807, 2.05) is 12.1 Å². The summed E-state index contributed by atoms with van der Waals surface area (Å²) in [5.74, 6) is 0.272. The topological polar surface area (TPSA) is 76.8 Å². The third kappa shape index (κ3) is 5.50. The third-order valence-corrected chi connectivity index (χ3v) is 7.06. The number of rotatable bonds is 7. The van der Waals surface area contributed by atoms with E-state index >= 15 is 0 Å². The number of alkyl halides is 3. The molecule has 0 spiro atoms. The first-order valence-electron chi connectivity index (χ1n) is 12.7. The highest BCUT2D eigenvalue weighted by Gasteiger charge is 2.37. The molecule has 2 aliphatic heterocycles. The van der Waals surface area contributed by atoms with Crippen LogP contribution < -0.4 is 9.47 Å². The van der Waals surface area contributed by atoms with Crippen LogP contribution in [0.25, 0.3) is 17.0 Å². The van der Waals surface area contributed by atoms with E-state index < -0.39 is 17.8 Å². The van der Waals surface area contributed by atoms with E-state index in [0.717, 1.165) is 30.8 Å². The van der Waals surface area contributed by atoms with E-state index in [2.05, 4.69) is 16.1 Å². The monoisotopic (exact) mass is 529 g/mol. The molecule has 7 nitrogen and oxygen atoms in total. The first-order chi connectivity index (χ1) is 18.1. The van der Waals surface area contributed by atoms with Gasteiger partial charge in [-0.05, 0) is 81.3 Å². The Bertz CT molecular complexity index is 1370. The Labute approximate surface area is 218 Å². The summed E-state index contributed by atoms with van der Waals surface area (Å²) >= 11 is 0. The van der Waals surface area contributed by atoms with Crippen LogP contribution in [-0.2, 0) is 17.6 Å². The molecule has 3 aromatic rings. The van der Waals surface area contributed by atoms with Crippen LogP contribution in [0.3, 0.4) is 0 Å². The van der Waals surface area contributed by atoms with Gasteiger partial charge in [0.2, 0.25) is 0 Å². The molecule has 3 heterocycles. The molecule has 0 aliphatic carbocycles. The van der Waals surface area contributed by atoms with Gasteiger partial charge >= 0.3 is 12.1 Å². The molecule has 0 amide bonds. The van der Waals surface area contributed by atoms with Gasteiger partial charge in [0.05, 0.1) is 11.4 Å². The SMILES string of the molecule is CC(C)n1nc(C(F)(F)F)c2cc(COc3ccc4c(c3)OCC(CN3CCC(C(=O)O)CC3)=C4)ccc21. The number of aliphatic carboxylic acids is 1. The number of fused-ring (bicyclic) bond motifs is 2. The number of ether oxygens (including phenoxy) is 2. The first-order valence-corrected chi connectivity index (χ1v) is 12.7. The second-order valence-corrected chi connectivity index (χ2v) is 10.2. The smallest absolute Gasteiger partial charge is 0.435 e. The van der Waals surface area contributed by atoms with Gasteiger partial charge in [-0.25, -0.2) is 0 Å². The van der Waals surface area contributed by atoms with Crippen LogP contribution in [0.2, 0.25) is 0 Å². The maximum absolute atomic E-state index is 13.6. The minimum Gasteiger partial charge on any atom is -0.489 e. The Morgan fingerprint density at radius 3 is 2.63 bits per heavy atom. The normalized spacial score (nSPS) is 16.8. The molecular weight excluding hydrogens is 499 g/mol. The summed E-state index contributed by atoms with van der Waals surface area (Å²) in [6.07, 6.45) is -1.14. The Kier molecular flexibility index (Phi) is 7.09. The minimum absolute atomic E-state index is 0.0610. The Balaban J connectivity index is 1.25.